The van der Waals surface area contributed by atoms with Gasteiger partial charge in [0.05, 0.1) is 0 Å². The van der Waals surface area contributed by atoms with Crippen LogP contribution in [0, 0.1) is 0 Å². The number of hydrogen-bond donors (Lipinski definition) is 0. The Morgan fingerprint density at radius 2 is 2.12 bits per heavy atom. The van der Waals surface area contributed by atoms with Gasteiger partial charge in [0.1, 0.15) is 0 Å². The molecule has 0 aromatic carbocycles. The molecule has 1 saturated carbocycles. The molecule has 0 saturated heterocycles. The van der Waals surface area contributed by atoms with Crippen molar-refractivity contribution in [3.8, 4) is 0 Å². The van der Waals surface area contributed by atoms with Crippen molar-refractivity contribution in [2.75, 3.05) is 0 Å². The van der Waals surface area contributed by atoms with Gasteiger partial charge in [0.15, 0.2) is 5.54 Å². The average molecular weight is 219 g/mol. The molecule has 0 amide bonds. The van der Waals surface area contributed by atoms with E-state index in [1.807, 2.05) is 13.0 Å². The summed E-state index contributed by atoms with van der Waals surface area (Å²) in [4.78, 5) is 16.4. The first-order valence-corrected chi connectivity index (χ1v) is 5.80. The fraction of sp³-hybridized carbons (Fsp3) is 0.538. The normalized spacial score (nSPS) is 24.2. The molecule has 1 spiro atoms. The second kappa shape index (κ2) is 4.24. The van der Waals surface area contributed by atoms with Crippen LogP contribution in [0.25, 0.3) is 0 Å². The summed E-state index contributed by atoms with van der Waals surface area (Å²) in [6.07, 6.45) is 8.48. The molecular formula is C13H17NO2. The molecule has 0 atom stereocenters. The lowest BCUT2D eigenvalue weighted by Gasteiger charge is -2.25. The molecule has 0 N–H and O–H groups in total. The predicted octanol–water partition coefficient (Wildman–Crippen LogP) is 2.78. The molecule has 1 heterocycles. The molecule has 16 heavy (non-hydrogen) atoms. The fourth-order valence-electron chi connectivity index (χ4n) is 2.31. The Morgan fingerprint density at radius 3 is 2.75 bits per heavy atom. The van der Waals surface area contributed by atoms with Gasteiger partial charge in [-0.25, -0.2) is 9.79 Å². The van der Waals surface area contributed by atoms with Crippen LogP contribution in [-0.2, 0) is 9.53 Å². The molecule has 0 aromatic rings. The topological polar surface area (TPSA) is 38.7 Å². The summed E-state index contributed by atoms with van der Waals surface area (Å²) in [5, 5.41) is 0. The van der Waals surface area contributed by atoms with E-state index in [9.17, 15) is 4.79 Å². The minimum Gasteiger partial charge on any atom is -0.406 e. The van der Waals surface area contributed by atoms with Gasteiger partial charge in [0.2, 0.25) is 5.90 Å². The van der Waals surface area contributed by atoms with E-state index in [1.54, 1.807) is 6.08 Å². The number of hydrogen-bond acceptors (Lipinski definition) is 3. The smallest absolute Gasteiger partial charge is 0.340 e. The SMILES string of the molecule is C=C/C=C(\C)C1=NC2(CCCCC2)C(=O)O1. The van der Waals surface area contributed by atoms with E-state index < -0.39 is 5.54 Å². The van der Waals surface area contributed by atoms with Crippen LogP contribution in [0.4, 0.5) is 0 Å². The van der Waals surface area contributed by atoms with Crippen molar-refractivity contribution in [1.29, 1.82) is 0 Å². The lowest BCUT2D eigenvalue weighted by Crippen LogP contribution is -2.35. The average Bonchev–Trinajstić information content (AvgIpc) is 2.58. The molecule has 1 aliphatic heterocycles. The van der Waals surface area contributed by atoms with Crippen LogP contribution in [0.1, 0.15) is 39.0 Å². The summed E-state index contributed by atoms with van der Waals surface area (Å²) in [7, 11) is 0. The van der Waals surface area contributed by atoms with E-state index in [0.29, 0.717) is 5.90 Å². The van der Waals surface area contributed by atoms with Crippen LogP contribution in [0.15, 0.2) is 29.3 Å². The number of carbonyl (C=O) groups is 1. The maximum atomic E-state index is 11.9. The van der Waals surface area contributed by atoms with Crippen molar-refractivity contribution in [1.82, 2.24) is 0 Å². The van der Waals surface area contributed by atoms with E-state index >= 15 is 0 Å². The first-order chi connectivity index (χ1) is 7.68. The summed E-state index contributed by atoms with van der Waals surface area (Å²) in [6.45, 7) is 5.51. The number of cyclic esters (lactones) is 1. The highest BCUT2D eigenvalue weighted by Gasteiger charge is 2.46. The highest BCUT2D eigenvalue weighted by molar-refractivity contribution is 6.07. The Balaban J connectivity index is 2.25. The Morgan fingerprint density at radius 1 is 1.44 bits per heavy atom. The molecule has 1 fully saturated rings. The van der Waals surface area contributed by atoms with E-state index in [2.05, 4.69) is 11.6 Å². The molecule has 0 bridgehead atoms. The standard InChI is InChI=1S/C13H17NO2/c1-3-7-10(2)11-14-13(12(15)16-11)8-5-4-6-9-13/h3,7H,1,4-6,8-9H2,2H3/b10-7+. The highest BCUT2D eigenvalue weighted by atomic mass is 16.6. The molecule has 0 unspecified atom stereocenters. The van der Waals surface area contributed by atoms with E-state index in [4.69, 9.17) is 4.74 Å². The zero-order valence-electron chi connectivity index (χ0n) is 9.66. The summed E-state index contributed by atoms with van der Waals surface area (Å²) < 4.78 is 5.26. The lowest BCUT2D eigenvalue weighted by atomic mass is 9.83. The number of nitrogens with zero attached hydrogens (tertiary/aromatic N) is 1. The van der Waals surface area contributed by atoms with Gasteiger partial charge in [-0.1, -0.05) is 38.0 Å². The number of rotatable bonds is 2. The molecule has 3 nitrogen and oxygen atoms in total. The zero-order chi connectivity index (χ0) is 11.6. The third kappa shape index (κ3) is 1.82. The van der Waals surface area contributed by atoms with E-state index in [0.717, 1.165) is 31.3 Å². The number of allylic oxidation sites excluding steroid dienone is 2. The van der Waals surface area contributed by atoms with Crippen LogP contribution in [-0.4, -0.2) is 17.4 Å². The molecule has 86 valence electrons. The van der Waals surface area contributed by atoms with E-state index in [-0.39, 0.29) is 5.97 Å². The predicted molar refractivity (Wildman–Crippen MR) is 63.3 cm³/mol. The van der Waals surface area contributed by atoms with Gasteiger partial charge >= 0.3 is 5.97 Å². The van der Waals surface area contributed by atoms with Gasteiger partial charge in [-0.3, -0.25) is 0 Å². The molecule has 2 rings (SSSR count). The van der Waals surface area contributed by atoms with Crippen molar-refractivity contribution in [2.24, 2.45) is 4.99 Å². The third-order valence-electron chi connectivity index (χ3n) is 3.27. The van der Waals surface area contributed by atoms with Crippen LogP contribution < -0.4 is 0 Å². The van der Waals surface area contributed by atoms with Gasteiger partial charge in [-0.05, 0) is 19.8 Å². The first-order valence-electron chi connectivity index (χ1n) is 5.80. The second-order valence-corrected chi connectivity index (χ2v) is 4.48. The molecule has 0 aromatic heterocycles. The summed E-state index contributed by atoms with van der Waals surface area (Å²) in [6, 6.07) is 0. The Bertz CT molecular complexity index is 373. The van der Waals surface area contributed by atoms with E-state index in [1.165, 1.54) is 6.42 Å². The molecular weight excluding hydrogens is 202 g/mol. The van der Waals surface area contributed by atoms with Crippen LogP contribution in [0.2, 0.25) is 0 Å². The third-order valence-corrected chi connectivity index (χ3v) is 3.27. The number of carbonyl (C=O) groups excluding carboxylic acids is 1. The fourth-order valence-corrected chi connectivity index (χ4v) is 2.31. The van der Waals surface area contributed by atoms with Gasteiger partial charge in [-0.15, -0.1) is 0 Å². The Kier molecular flexibility index (Phi) is 2.95. The maximum Gasteiger partial charge on any atom is 0.340 e. The molecule has 2 aliphatic rings. The molecule has 3 heteroatoms. The highest BCUT2D eigenvalue weighted by Crippen LogP contribution is 2.37. The first kappa shape index (κ1) is 11.1. The zero-order valence-corrected chi connectivity index (χ0v) is 9.66. The minimum atomic E-state index is -0.566. The Hall–Kier alpha value is -1.38. The summed E-state index contributed by atoms with van der Waals surface area (Å²) in [5.74, 6) is 0.311. The van der Waals surface area contributed by atoms with Crippen LogP contribution >= 0.6 is 0 Å². The maximum absolute atomic E-state index is 11.9. The number of ether oxygens (including phenoxy) is 1. The van der Waals surface area contributed by atoms with Gasteiger partial charge in [0.25, 0.3) is 0 Å². The summed E-state index contributed by atoms with van der Waals surface area (Å²) in [5.41, 5.74) is 0.301. The lowest BCUT2D eigenvalue weighted by molar-refractivity contribution is -0.140. The number of esters is 1. The van der Waals surface area contributed by atoms with Gasteiger partial charge in [0, 0.05) is 5.57 Å². The van der Waals surface area contributed by atoms with Crippen LogP contribution in [0.5, 0.6) is 0 Å². The second-order valence-electron chi connectivity index (χ2n) is 4.48. The monoisotopic (exact) mass is 219 g/mol. The van der Waals surface area contributed by atoms with Crippen LogP contribution in [0.3, 0.4) is 0 Å². The van der Waals surface area contributed by atoms with Crippen molar-refractivity contribution in [2.45, 2.75) is 44.6 Å². The molecule has 0 radical (unpaired) electrons. The van der Waals surface area contributed by atoms with Crippen molar-refractivity contribution in [3.05, 3.63) is 24.3 Å². The van der Waals surface area contributed by atoms with Gasteiger partial charge < -0.3 is 4.74 Å². The van der Waals surface area contributed by atoms with Crippen molar-refractivity contribution in [3.63, 3.8) is 0 Å². The quantitative estimate of drug-likeness (QED) is 0.529. The largest absolute Gasteiger partial charge is 0.406 e. The van der Waals surface area contributed by atoms with Crippen molar-refractivity contribution < 1.29 is 9.53 Å². The summed E-state index contributed by atoms with van der Waals surface area (Å²) >= 11 is 0. The number of aliphatic imine (C=N–C) groups is 1. The Labute approximate surface area is 95.9 Å². The van der Waals surface area contributed by atoms with Gasteiger partial charge in [-0.2, -0.15) is 0 Å². The minimum absolute atomic E-state index is 0.168. The molecule has 1 aliphatic carbocycles. The van der Waals surface area contributed by atoms with Crippen molar-refractivity contribution >= 4 is 11.9 Å².